The molecule has 1 unspecified atom stereocenters. The zero-order chi connectivity index (χ0) is 12.8. The van der Waals surface area contributed by atoms with Crippen LogP contribution in [-0.4, -0.2) is 44.9 Å². The second-order valence-corrected chi connectivity index (χ2v) is 5.28. The van der Waals surface area contributed by atoms with Crippen LogP contribution < -0.4 is 11.1 Å². The second kappa shape index (κ2) is 7.07. The molecular formula is C13H24N2O3. The Morgan fingerprint density at radius 1 is 1.33 bits per heavy atom. The average molecular weight is 256 g/mol. The molecule has 1 heterocycles. The molecule has 1 saturated carbocycles. The van der Waals surface area contributed by atoms with E-state index in [1.807, 2.05) is 0 Å². The van der Waals surface area contributed by atoms with Gasteiger partial charge in [0.05, 0.1) is 12.6 Å². The van der Waals surface area contributed by atoms with Gasteiger partial charge in [-0.15, -0.1) is 0 Å². The summed E-state index contributed by atoms with van der Waals surface area (Å²) in [6, 6.07) is -0.405. The lowest BCUT2D eigenvalue weighted by molar-refractivity contribution is -0.124. The van der Waals surface area contributed by atoms with Crippen LogP contribution in [0.4, 0.5) is 0 Å². The zero-order valence-corrected chi connectivity index (χ0v) is 10.9. The van der Waals surface area contributed by atoms with Gasteiger partial charge in [-0.2, -0.15) is 0 Å². The molecule has 0 aromatic rings. The van der Waals surface area contributed by atoms with Crippen molar-refractivity contribution in [3.05, 3.63) is 0 Å². The van der Waals surface area contributed by atoms with Crippen molar-refractivity contribution < 1.29 is 14.3 Å². The Morgan fingerprint density at radius 3 is 2.72 bits per heavy atom. The fourth-order valence-electron chi connectivity index (χ4n) is 2.19. The van der Waals surface area contributed by atoms with Crippen molar-refractivity contribution in [1.82, 2.24) is 5.32 Å². The largest absolute Gasteiger partial charge is 0.381 e. The number of hydrogen-bond donors (Lipinski definition) is 2. The van der Waals surface area contributed by atoms with Gasteiger partial charge in [-0.1, -0.05) is 0 Å². The minimum atomic E-state index is -0.405. The predicted octanol–water partition coefficient (Wildman–Crippen LogP) is 0.283. The molecule has 1 amide bonds. The van der Waals surface area contributed by atoms with Gasteiger partial charge in [0, 0.05) is 26.4 Å². The fraction of sp³-hybridized carbons (Fsp3) is 0.923. The minimum absolute atomic E-state index is 0.0584. The van der Waals surface area contributed by atoms with Crippen LogP contribution in [0.2, 0.25) is 0 Å². The van der Waals surface area contributed by atoms with Crippen molar-refractivity contribution in [1.29, 1.82) is 0 Å². The summed E-state index contributed by atoms with van der Waals surface area (Å²) in [7, 11) is 0. The molecule has 2 fully saturated rings. The first-order valence-electron chi connectivity index (χ1n) is 6.96. The predicted molar refractivity (Wildman–Crippen MR) is 68.1 cm³/mol. The summed E-state index contributed by atoms with van der Waals surface area (Å²) in [6.07, 6.45) is 4.35. The summed E-state index contributed by atoms with van der Waals surface area (Å²) in [5.41, 5.74) is 5.96. The van der Waals surface area contributed by atoms with E-state index < -0.39 is 6.04 Å². The number of nitrogens with one attached hydrogen (secondary N) is 1. The Labute approximate surface area is 108 Å². The van der Waals surface area contributed by atoms with E-state index in [9.17, 15) is 4.79 Å². The van der Waals surface area contributed by atoms with E-state index >= 15 is 0 Å². The van der Waals surface area contributed by atoms with E-state index in [-0.39, 0.29) is 11.8 Å². The first-order valence-corrected chi connectivity index (χ1v) is 6.96. The summed E-state index contributed by atoms with van der Waals surface area (Å²) >= 11 is 0. The first-order chi connectivity index (χ1) is 8.77. The maximum Gasteiger partial charge on any atom is 0.237 e. The highest BCUT2D eigenvalue weighted by molar-refractivity contribution is 5.81. The Morgan fingerprint density at radius 2 is 2.06 bits per heavy atom. The number of amides is 1. The normalized spacial score (nSPS) is 22.7. The topological polar surface area (TPSA) is 73.6 Å². The molecule has 2 aliphatic rings. The quantitative estimate of drug-likeness (QED) is 0.642. The maximum absolute atomic E-state index is 11.8. The number of hydrogen-bond acceptors (Lipinski definition) is 4. The van der Waals surface area contributed by atoms with Gasteiger partial charge in [0.25, 0.3) is 0 Å². The number of carbonyl (C=O) groups excluding carboxylic acids is 1. The van der Waals surface area contributed by atoms with Crippen LogP contribution in [0.3, 0.4) is 0 Å². The maximum atomic E-state index is 11.8. The van der Waals surface area contributed by atoms with E-state index in [1.54, 1.807) is 0 Å². The highest BCUT2D eigenvalue weighted by atomic mass is 16.5. The van der Waals surface area contributed by atoms with Gasteiger partial charge in [0.2, 0.25) is 5.91 Å². The molecule has 1 saturated heterocycles. The highest BCUT2D eigenvalue weighted by Crippen LogP contribution is 2.28. The van der Waals surface area contributed by atoms with Crippen LogP contribution in [-0.2, 0) is 14.3 Å². The molecule has 18 heavy (non-hydrogen) atoms. The lowest BCUT2D eigenvalue weighted by atomic mass is 9.92. The minimum Gasteiger partial charge on any atom is -0.381 e. The number of ether oxygens (including phenoxy) is 2. The zero-order valence-electron chi connectivity index (χ0n) is 10.9. The van der Waals surface area contributed by atoms with Gasteiger partial charge in [-0.3, -0.25) is 4.79 Å². The van der Waals surface area contributed by atoms with Gasteiger partial charge >= 0.3 is 0 Å². The molecule has 104 valence electrons. The van der Waals surface area contributed by atoms with E-state index in [0.717, 1.165) is 38.6 Å². The third-order valence-electron chi connectivity index (χ3n) is 3.67. The van der Waals surface area contributed by atoms with Crippen LogP contribution in [0.1, 0.15) is 25.7 Å². The van der Waals surface area contributed by atoms with Gasteiger partial charge in [0.15, 0.2) is 0 Å². The first kappa shape index (κ1) is 13.8. The summed E-state index contributed by atoms with van der Waals surface area (Å²) in [4.78, 5) is 11.8. The molecule has 1 aliphatic carbocycles. The standard InChI is InChI=1S/C13H24N2O3/c14-12(11-3-6-17-7-4-11)13(16)15-5-8-18-9-10-1-2-10/h10-12H,1-9,14H2,(H,15,16). The molecule has 1 atom stereocenters. The second-order valence-electron chi connectivity index (χ2n) is 5.28. The molecule has 2 rings (SSSR count). The Bertz CT molecular complexity index is 263. The smallest absolute Gasteiger partial charge is 0.237 e. The van der Waals surface area contributed by atoms with Crippen LogP contribution in [0.15, 0.2) is 0 Å². The van der Waals surface area contributed by atoms with E-state index in [0.29, 0.717) is 13.2 Å². The van der Waals surface area contributed by atoms with Crippen molar-refractivity contribution in [3.63, 3.8) is 0 Å². The number of rotatable bonds is 7. The average Bonchev–Trinajstić information content (AvgIpc) is 3.22. The van der Waals surface area contributed by atoms with Crippen molar-refractivity contribution in [2.75, 3.05) is 33.0 Å². The molecule has 1 aliphatic heterocycles. The van der Waals surface area contributed by atoms with Gasteiger partial charge in [-0.25, -0.2) is 0 Å². The SMILES string of the molecule is NC(C(=O)NCCOCC1CC1)C1CCOCC1. The van der Waals surface area contributed by atoms with Crippen LogP contribution in [0.25, 0.3) is 0 Å². The summed E-state index contributed by atoms with van der Waals surface area (Å²) < 4.78 is 10.7. The van der Waals surface area contributed by atoms with Crippen molar-refractivity contribution in [2.45, 2.75) is 31.7 Å². The molecular weight excluding hydrogens is 232 g/mol. The van der Waals surface area contributed by atoms with Gasteiger partial charge in [-0.05, 0) is 37.5 Å². The Hall–Kier alpha value is -0.650. The molecule has 0 bridgehead atoms. The molecule has 0 radical (unpaired) electrons. The Kier molecular flexibility index (Phi) is 5.41. The van der Waals surface area contributed by atoms with Crippen LogP contribution in [0, 0.1) is 11.8 Å². The van der Waals surface area contributed by atoms with Crippen molar-refractivity contribution in [3.8, 4) is 0 Å². The molecule has 5 heteroatoms. The summed E-state index contributed by atoms with van der Waals surface area (Å²) in [5.74, 6) is 0.966. The third-order valence-corrected chi connectivity index (χ3v) is 3.67. The lowest BCUT2D eigenvalue weighted by Gasteiger charge is -2.26. The van der Waals surface area contributed by atoms with E-state index in [2.05, 4.69) is 5.32 Å². The molecule has 5 nitrogen and oxygen atoms in total. The highest BCUT2D eigenvalue weighted by Gasteiger charge is 2.26. The summed E-state index contributed by atoms with van der Waals surface area (Å²) in [6.45, 7) is 3.42. The van der Waals surface area contributed by atoms with Crippen LogP contribution >= 0.6 is 0 Å². The summed E-state index contributed by atoms with van der Waals surface area (Å²) in [5, 5.41) is 2.84. The molecule has 0 aromatic heterocycles. The van der Waals surface area contributed by atoms with Gasteiger partial charge < -0.3 is 20.5 Å². The van der Waals surface area contributed by atoms with Crippen molar-refractivity contribution in [2.24, 2.45) is 17.6 Å². The molecule has 3 N–H and O–H groups in total. The van der Waals surface area contributed by atoms with Crippen LogP contribution in [0.5, 0.6) is 0 Å². The van der Waals surface area contributed by atoms with E-state index in [1.165, 1.54) is 12.8 Å². The molecule has 0 spiro atoms. The third kappa shape index (κ3) is 4.55. The fourth-order valence-corrected chi connectivity index (χ4v) is 2.19. The lowest BCUT2D eigenvalue weighted by Crippen LogP contribution is -2.47. The molecule has 0 aromatic carbocycles. The number of carbonyl (C=O) groups is 1. The number of nitrogens with two attached hydrogens (primary N) is 1. The Balaban J connectivity index is 1.54. The van der Waals surface area contributed by atoms with Gasteiger partial charge in [0.1, 0.15) is 0 Å². The van der Waals surface area contributed by atoms with Crippen molar-refractivity contribution >= 4 is 5.91 Å². The monoisotopic (exact) mass is 256 g/mol. The van der Waals surface area contributed by atoms with E-state index in [4.69, 9.17) is 15.2 Å².